The summed E-state index contributed by atoms with van der Waals surface area (Å²) >= 11 is 6.02. The van der Waals surface area contributed by atoms with E-state index in [1.165, 1.54) is 13.4 Å². The fourth-order valence-electron chi connectivity index (χ4n) is 3.88. The third-order valence-electron chi connectivity index (χ3n) is 4.57. The molecule has 20 heavy (non-hydrogen) atoms. The van der Waals surface area contributed by atoms with Crippen LogP contribution in [-0.2, 0) is 16.1 Å². The SMILES string of the molecule is COC(=O)C12CC(Cn3cc4c(Cl)ncnc4n3)(C1)C2. The van der Waals surface area contributed by atoms with Crippen molar-refractivity contribution in [1.82, 2.24) is 19.7 Å². The van der Waals surface area contributed by atoms with E-state index in [9.17, 15) is 4.79 Å². The topological polar surface area (TPSA) is 69.9 Å². The van der Waals surface area contributed by atoms with Crippen molar-refractivity contribution < 1.29 is 9.53 Å². The molecule has 5 rings (SSSR count). The zero-order valence-electron chi connectivity index (χ0n) is 11.0. The molecule has 6 nitrogen and oxygen atoms in total. The Morgan fingerprint density at radius 1 is 1.45 bits per heavy atom. The molecule has 0 N–H and O–H groups in total. The highest BCUT2D eigenvalue weighted by molar-refractivity contribution is 6.33. The standard InChI is InChI=1S/C13H13ClN4O2/c1-20-11(19)13-3-12(4-13,5-13)6-18-2-8-9(14)15-7-16-10(8)17-18/h2,7H,3-6H2,1H3. The molecule has 2 aromatic heterocycles. The zero-order valence-corrected chi connectivity index (χ0v) is 11.7. The van der Waals surface area contributed by atoms with E-state index in [4.69, 9.17) is 16.3 Å². The largest absolute Gasteiger partial charge is 0.469 e. The fourth-order valence-corrected chi connectivity index (χ4v) is 4.06. The quantitative estimate of drug-likeness (QED) is 0.637. The summed E-state index contributed by atoms with van der Waals surface area (Å²) in [5.74, 6) is -0.0705. The van der Waals surface area contributed by atoms with Crippen LogP contribution in [0.4, 0.5) is 0 Å². The van der Waals surface area contributed by atoms with Crippen molar-refractivity contribution >= 4 is 28.6 Å². The van der Waals surface area contributed by atoms with Crippen molar-refractivity contribution in [1.29, 1.82) is 0 Å². The normalized spacial score (nSPS) is 30.7. The second kappa shape index (κ2) is 3.69. The van der Waals surface area contributed by atoms with Gasteiger partial charge in [-0.05, 0) is 24.7 Å². The third kappa shape index (κ3) is 1.45. The molecule has 0 radical (unpaired) electrons. The minimum Gasteiger partial charge on any atom is -0.469 e. The molecule has 0 spiro atoms. The number of rotatable bonds is 3. The number of esters is 1. The minimum atomic E-state index is -0.210. The number of fused-ring (bicyclic) bond motifs is 1. The fraction of sp³-hybridized carbons (Fsp3) is 0.538. The number of hydrogen-bond acceptors (Lipinski definition) is 5. The van der Waals surface area contributed by atoms with Gasteiger partial charge in [0.05, 0.1) is 17.9 Å². The number of halogens is 1. The lowest BCUT2D eigenvalue weighted by molar-refractivity contribution is -0.230. The van der Waals surface area contributed by atoms with Gasteiger partial charge in [0.1, 0.15) is 11.5 Å². The highest BCUT2D eigenvalue weighted by Gasteiger charge is 2.72. The molecule has 2 heterocycles. The first-order chi connectivity index (χ1) is 9.56. The van der Waals surface area contributed by atoms with E-state index in [1.807, 2.05) is 10.9 Å². The van der Waals surface area contributed by atoms with Gasteiger partial charge in [0.15, 0.2) is 5.65 Å². The highest BCUT2D eigenvalue weighted by atomic mass is 35.5. The van der Waals surface area contributed by atoms with E-state index >= 15 is 0 Å². The predicted molar refractivity (Wildman–Crippen MR) is 71.1 cm³/mol. The van der Waals surface area contributed by atoms with E-state index < -0.39 is 0 Å². The molecular weight excluding hydrogens is 280 g/mol. The van der Waals surface area contributed by atoms with Crippen LogP contribution in [0, 0.1) is 10.8 Å². The average Bonchev–Trinajstić information content (AvgIpc) is 2.75. The first-order valence-electron chi connectivity index (χ1n) is 6.48. The second-order valence-corrected chi connectivity index (χ2v) is 6.39. The summed E-state index contributed by atoms with van der Waals surface area (Å²) in [6, 6.07) is 0. The Kier molecular flexibility index (Phi) is 2.23. The summed E-state index contributed by atoms with van der Waals surface area (Å²) in [4.78, 5) is 19.7. The maximum Gasteiger partial charge on any atom is 0.311 e. The number of methoxy groups -OCH3 is 1. The molecule has 0 aliphatic heterocycles. The number of hydrogen-bond donors (Lipinski definition) is 0. The van der Waals surface area contributed by atoms with E-state index in [-0.39, 0.29) is 16.8 Å². The lowest BCUT2D eigenvalue weighted by Gasteiger charge is -2.68. The molecule has 3 aliphatic carbocycles. The number of ether oxygens (including phenoxy) is 1. The Morgan fingerprint density at radius 2 is 2.20 bits per heavy atom. The Hall–Kier alpha value is -1.69. The molecule has 2 bridgehead atoms. The Balaban J connectivity index is 1.54. The molecule has 3 fully saturated rings. The summed E-state index contributed by atoms with van der Waals surface area (Å²) in [5.41, 5.74) is 0.592. The smallest absolute Gasteiger partial charge is 0.311 e. The van der Waals surface area contributed by atoms with Crippen LogP contribution in [0.3, 0.4) is 0 Å². The van der Waals surface area contributed by atoms with Crippen LogP contribution in [0.2, 0.25) is 5.15 Å². The van der Waals surface area contributed by atoms with Crippen molar-refractivity contribution in [2.24, 2.45) is 10.8 Å². The zero-order chi connectivity index (χ0) is 14.0. The van der Waals surface area contributed by atoms with Crippen LogP contribution < -0.4 is 0 Å². The van der Waals surface area contributed by atoms with Crippen molar-refractivity contribution in [2.45, 2.75) is 25.8 Å². The van der Waals surface area contributed by atoms with Crippen molar-refractivity contribution in [3.05, 3.63) is 17.7 Å². The lowest BCUT2D eigenvalue weighted by atomic mass is 9.35. The van der Waals surface area contributed by atoms with Crippen LogP contribution in [-0.4, -0.2) is 32.8 Å². The second-order valence-electron chi connectivity index (χ2n) is 6.03. The molecule has 0 saturated heterocycles. The number of nitrogens with zero attached hydrogens (tertiary/aromatic N) is 4. The molecule has 0 unspecified atom stereocenters. The summed E-state index contributed by atoms with van der Waals surface area (Å²) in [7, 11) is 1.45. The van der Waals surface area contributed by atoms with Crippen molar-refractivity contribution in [3.63, 3.8) is 0 Å². The first-order valence-corrected chi connectivity index (χ1v) is 6.86. The molecule has 3 aliphatic rings. The van der Waals surface area contributed by atoms with E-state index in [2.05, 4.69) is 15.1 Å². The number of carbonyl (C=O) groups excluding carboxylic acids is 1. The third-order valence-corrected chi connectivity index (χ3v) is 4.87. The lowest BCUT2D eigenvalue weighted by Crippen LogP contribution is -2.67. The predicted octanol–water partition coefficient (Wildman–Crippen LogP) is 1.82. The van der Waals surface area contributed by atoms with Gasteiger partial charge < -0.3 is 4.74 Å². The van der Waals surface area contributed by atoms with Crippen LogP contribution in [0.5, 0.6) is 0 Å². The Morgan fingerprint density at radius 3 is 2.85 bits per heavy atom. The summed E-state index contributed by atoms with van der Waals surface area (Å²) in [5, 5.41) is 5.61. The van der Waals surface area contributed by atoms with Gasteiger partial charge in [0.25, 0.3) is 0 Å². The first kappa shape index (κ1) is 12.1. The number of aromatic nitrogens is 4. The van der Waals surface area contributed by atoms with E-state index in [1.54, 1.807) is 0 Å². The molecular formula is C13H13ClN4O2. The van der Waals surface area contributed by atoms with Crippen molar-refractivity contribution in [3.8, 4) is 0 Å². The van der Waals surface area contributed by atoms with Gasteiger partial charge in [-0.15, -0.1) is 0 Å². The molecule has 3 saturated carbocycles. The average molecular weight is 293 g/mol. The molecule has 0 amide bonds. The van der Waals surface area contributed by atoms with Crippen molar-refractivity contribution in [2.75, 3.05) is 7.11 Å². The maximum absolute atomic E-state index is 11.7. The van der Waals surface area contributed by atoms with Gasteiger partial charge >= 0.3 is 5.97 Å². The summed E-state index contributed by atoms with van der Waals surface area (Å²) < 4.78 is 6.72. The molecule has 2 aromatic rings. The van der Waals surface area contributed by atoms with E-state index in [0.29, 0.717) is 10.8 Å². The monoisotopic (exact) mass is 292 g/mol. The van der Waals surface area contributed by atoms with Crippen LogP contribution in [0.25, 0.3) is 11.0 Å². The van der Waals surface area contributed by atoms with Crippen LogP contribution >= 0.6 is 11.6 Å². The highest BCUT2D eigenvalue weighted by Crippen LogP contribution is 2.74. The van der Waals surface area contributed by atoms with Gasteiger partial charge in [-0.3, -0.25) is 9.48 Å². The maximum atomic E-state index is 11.7. The van der Waals surface area contributed by atoms with Gasteiger partial charge in [-0.2, -0.15) is 5.10 Å². The van der Waals surface area contributed by atoms with Gasteiger partial charge in [0, 0.05) is 12.7 Å². The van der Waals surface area contributed by atoms with Crippen LogP contribution in [0.1, 0.15) is 19.3 Å². The molecule has 7 heteroatoms. The summed E-state index contributed by atoms with van der Waals surface area (Å²) in [6.07, 6.45) is 5.96. The Bertz CT molecular complexity index is 706. The van der Waals surface area contributed by atoms with E-state index in [0.717, 1.165) is 31.2 Å². The van der Waals surface area contributed by atoms with Gasteiger partial charge in [0.2, 0.25) is 0 Å². The molecule has 0 atom stereocenters. The minimum absolute atomic E-state index is 0.0705. The summed E-state index contributed by atoms with van der Waals surface area (Å²) in [6.45, 7) is 0.790. The molecule has 104 valence electrons. The van der Waals surface area contributed by atoms with Crippen LogP contribution in [0.15, 0.2) is 12.5 Å². The van der Waals surface area contributed by atoms with Gasteiger partial charge in [-0.25, -0.2) is 9.97 Å². The molecule has 0 aromatic carbocycles. The van der Waals surface area contributed by atoms with Gasteiger partial charge in [-0.1, -0.05) is 11.6 Å². The Labute approximate surface area is 120 Å². The number of carbonyl (C=O) groups is 1.